The van der Waals surface area contributed by atoms with Gasteiger partial charge in [0.2, 0.25) is 0 Å². The number of nitrogens with one attached hydrogen (secondary N) is 1. The fourth-order valence-corrected chi connectivity index (χ4v) is 4.96. The number of carbonyl (C=O) groups excluding carboxylic acids is 2. The van der Waals surface area contributed by atoms with Crippen molar-refractivity contribution in [1.29, 1.82) is 0 Å². The third-order valence-electron chi connectivity index (χ3n) is 5.40. The van der Waals surface area contributed by atoms with Gasteiger partial charge in [0.05, 0.1) is 29.5 Å². The van der Waals surface area contributed by atoms with Crippen molar-refractivity contribution in [2.45, 2.75) is 58.4 Å². The minimum absolute atomic E-state index is 0.0359. The molecular weight excluding hydrogens is 390 g/mol. The summed E-state index contributed by atoms with van der Waals surface area (Å²) in [7, 11) is 0. The molecule has 1 unspecified atom stereocenters. The Bertz CT molecular complexity index is 686. The third kappa shape index (κ3) is 6.22. The molecule has 1 amide bonds. The second kappa shape index (κ2) is 11.6. The van der Waals surface area contributed by atoms with Gasteiger partial charge < -0.3 is 14.8 Å². The third-order valence-corrected chi connectivity index (χ3v) is 6.61. The molecule has 0 aliphatic carbocycles. The first kappa shape index (κ1) is 22.2. The molecule has 1 aromatic rings. The number of ether oxygens (including phenoxy) is 2. The summed E-state index contributed by atoms with van der Waals surface area (Å²) in [5.41, 5.74) is 2.54. The van der Waals surface area contributed by atoms with Crippen molar-refractivity contribution in [2.75, 3.05) is 37.9 Å². The zero-order chi connectivity index (χ0) is 20.5. The van der Waals surface area contributed by atoms with Gasteiger partial charge in [0.15, 0.2) is 0 Å². The number of hydrogen-bond donors (Lipinski definition) is 1. The number of esters is 1. The SMILES string of the molecule is CCc1nn(CCCOC(=O)C2CCCSC2)c2c1C(=O)NCCCOCCC2. The van der Waals surface area contributed by atoms with E-state index in [2.05, 4.69) is 5.32 Å². The molecule has 2 aliphatic rings. The van der Waals surface area contributed by atoms with Gasteiger partial charge in [0.25, 0.3) is 5.91 Å². The highest BCUT2D eigenvalue weighted by molar-refractivity contribution is 7.99. The van der Waals surface area contributed by atoms with Gasteiger partial charge in [-0.3, -0.25) is 14.3 Å². The summed E-state index contributed by atoms with van der Waals surface area (Å²) in [6.07, 6.45) is 5.89. The second-order valence-electron chi connectivity index (χ2n) is 7.61. The predicted octanol–water partition coefficient (Wildman–Crippen LogP) is 2.60. The molecule has 0 bridgehead atoms. The van der Waals surface area contributed by atoms with Crippen molar-refractivity contribution in [2.24, 2.45) is 5.92 Å². The van der Waals surface area contributed by atoms with Crippen LogP contribution in [0.3, 0.4) is 0 Å². The van der Waals surface area contributed by atoms with Crippen molar-refractivity contribution in [1.82, 2.24) is 15.1 Å². The lowest BCUT2D eigenvalue weighted by molar-refractivity contribution is -0.148. The van der Waals surface area contributed by atoms with Gasteiger partial charge in [-0.2, -0.15) is 16.9 Å². The molecule has 0 radical (unpaired) electrons. The van der Waals surface area contributed by atoms with E-state index in [4.69, 9.17) is 14.6 Å². The first-order chi connectivity index (χ1) is 14.2. The first-order valence-corrected chi connectivity index (χ1v) is 12.0. The van der Waals surface area contributed by atoms with Crippen LogP contribution in [0.1, 0.15) is 60.8 Å². The number of aryl methyl sites for hydroxylation is 2. The minimum Gasteiger partial charge on any atom is -0.465 e. The Morgan fingerprint density at radius 2 is 2.21 bits per heavy atom. The van der Waals surface area contributed by atoms with Crippen LogP contribution in [0.25, 0.3) is 0 Å². The lowest BCUT2D eigenvalue weighted by Crippen LogP contribution is -2.26. The van der Waals surface area contributed by atoms with Gasteiger partial charge in [0, 0.05) is 38.5 Å². The number of fused-ring (bicyclic) bond motifs is 1. The van der Waals surface area contributed by atoms with E-state index >= 15 is 0 Å². The van der Waals surface area contributed by atoms with Crippen LogP contribution in [0.2, 0.25) is 0 Å². The number of aromatic nitrogens is 2. The van der Waals surface area contributed by atoms with E-state index in [1.165, 1.54) is 0 Å². The van der Waals surface area contributed by atoms with E-state index in [9.17, 15) is 9.59 Å². The first-order valence-electron chi connectivity index (χ1n) is 10.9. The van der Waals surface area contributed by atoms with Crippen LogP contribution in [0, 0.1) is 5.92 Å². The van der Waals surface area contributed by atoms with E-state index in [0.717, 1.165) is 60.6 Å². The number of nitrogens with zero attached hydrogens (tertiary/aromatic N) is 2. The van der Waals surface area contributed by atoms with E-state index < -0.39 is 0 Å². The van der Waals surface area contributed by atoms with E-state index in [1.807, 2.05) is 23.4 Å². The fraction of sp³-hybridized carbons (Fsp3) is 0.762. The second-order valence-corrected chi connectivity index (χ2v) is 8.76. The van der Waals surface area contributed by atoms with Gasteiger partial charge in [-0.05, 0) is 44.3 Å². The van der Waals surface area contributed by atoms with Crippen LogP contribution in [-0.2, 0) is 33.7 Å². The van der Waals surface area contributed by atoms with Crippen LogP contribution >= 0.6 is 11.8 Å². The molecule has 1 N–H and O–H groups in total. The lowest BCUT2D eigenvalue weighted by Gasteiger charge is -2.19. The summed E-state index contributed by atoms with van der Waals surface area (Å²) in [5, 5.41) is 7.71. The van der Waals surface area contributed by atoms with E-state index in [0.29, 0.717) is 45.8 Å². The van der Waals surface area contributed by atoms with Crippen LogP contribution in [0.5, 0.6) is 0 Å². The van der Waals surface area contributed by atoms with E-state index in [1.54, 1.807) is 0 Å². The maximum absolute atomic E-state index is 12.7. The molecule has 7 nitrogen and oxygen atoms in total. The molecule has 162 valence electrons. The summed E-state index contributed by atoms with van der Waals surface area (Å²) >= 11 is 1.83. The molecule has 3 rings (SSSR count). The Kier molecular flexibility index (Phi) is 8.86. The summed E-state index contributed by atoms with van der Waals surface area (Å²) in [6.45, 7) is 5.04. The largest absolute Gasteiger partial charge is 0.465 e. The molecule has 8 heteroatoms. The maximum Gasteiger partial charge on any atom is 0.309 e. The van der Waals surface area contributed by atoms with Gasteiger partial charge in [-0.25, -0.2) is 0 Å². The van der Waals surface area contributed by atoms with Gasteiger partial charge >= 0.3 is 5.97 Å². The summed E-state index contributed by atoms with van der Waals surface area (Å²) in [6, 6.07) is 0. The normalized spacial score (nSPS) is 21.0. The molecule has 1 fully saturated rings. The Labute approximate surface area is 177 Å². The molecule has 2 aliphatic heterocycles. The zero-order valence-electron chi connectivity index (χ0n) is 17.4. The fourth-order valence-electron chi connectivity index (χ4n) is 3.84. The number of rotatable bonds is 6. The van der Waals surface area contributed by atoms with Crippen molar-refractivity contribution >= 4 is 23.6 Å². The maximum atomic E-state index is 12.7. The Morgan fingerprint density at radius 1 is 1.34 bits per heavy atom. The number of thioether (sulfide) groups is 1. The lowest BCUT2D eigenvalue weighted by atomic mass is 10.1. The van der Waals surface area contributed by atoms with E-state index in [-0.39, 0.29) is 17.8 Å². The van der Waals surface area contributed by atoms with Gasteiger partial charge in [-0.1, -0.05) is 6.92 Å². The van der Waals surface area contributed by atoms with Crippen molar-refractivity contribution < 1.29 is 19.1 Å². The van der Waals surface area contributed by atoms with Crippen LogP contribution in [0.4, 0.5) is 0 Å². The molecule has 29 heavy (non-hydrogen) atoms. The summed E-state index contributed by atoms with van der Waals surface area (Å²) in [5.74, 6) is 1.97. The molecule has 0 saturated carbocycles. The number of hydrogen-bond acceptors (Lipinski definition) is 6. The Hall–Kier alpha value is -1.54. The standard InChI is InChI=1S/C21H33N3O4S/c1-2-17-19-18(8-3-11-27-12-5-9-22-20(19)25)24(23-17)10-6-13-28-21(26)16-7-4-14-29-15-16/h16H,2-15H2,1H3,(H,22,25). The molecule has 0 spiro atoms. The predicted molar refractivity (Wildman–Crippen MR) is 113 cm³/mol. The average molecular weight is 424 g/mol. The summed E-state index contributed by atoms with van der Waals surface area (Å²) < 4.78 is 13.1. The van der Waals surface area contributed by atoms with Gasteiger partial charge in [0.1, 0.15) is 0 Å². The molecule has 1 saturated heterocycles. The molecule has 1 aromatic heterocycles. The minimum atomic E-state index is -0.0669. The van der Waals surface area contributed by atoms with Crippen LogP contribution in [-0.4, -0.2) is 59.5 Å². The molecule has 1 atom stereocenters. The van der Waals surface area contributed by atoms with Crippen molar-refractivity contribution in [3.8, 4) is 0 Å². The zero-order valence-corrected chi connectivity index (χ0v) is 18.2. The molecular formula is C21H33N3O4S. The average Bonchev–Trinajstić information content (AvgIpc) is 3.08. The van der Waals surface area contributed by atoms with Gasteiger partial charge in [-0.15, -0.1) is 0 Å². The highest BCUT2D eigenvalue weighted by Gasteiger charge is 2.24. The molecule has 3 heterocycles. The smallest absolute Gasteiger partial charge is 0.309 e. The number of amides is 1. The Balaban J connectivity index is 1.61. The summed E-state index contributed by atoms with van der Waals surface area (Å²) in [4.78, 5) is 24.9. The number of carbonyl (C=O) groups is 2. The van der Waals surface area contributed by atoms with Crippen molar-refractivity contribution in [3.63, 3.8) is 0 Å². The quantitative estimate of drug-likeness (QED) is 0.559. The monoisotopic (exact) mass is 423 g/mol. The highest BCUT2D eigenvalue weighted by Crippen LogP contribution is 2.23. The topological polar surface area (TPSA) is 82.5 Å². The highest BCUT2D eigenvalue weighted by atomic mass is 32.2. The molecule has 0 aromatic carbocycles. The van der Waals surface area contributed by atoms with Crippen molar-refractivity contribution in [3.05, 3.63) is 17.0 Å². The van der Waals surface area contributed by atoms with Crippen LogP contribution < -0.4 is 5.32 Å². The van der Waals surface area contributed by atoms with Crippen LogP contribution in [0.15, 0.2) is 0 Å². The Morgan fingerprint density at radius 3 is 3.00 bits per heavy atom.